The molecule has 0 radical (unpaired) electrons. The van der Waals surface area contributed by atoms with Crippen LogP contribution < -0.4 is 21.7 Å². The lowest BCUT2D eigenvalue weighted by Gasteiger charge is -2.32. The summed E-state index contributed by atoms with van der Waals surface area (Å²) in [4.78, 5) is 87.1. The van der Waals surface area contributed by atoms with Crippen LogP contribution in [0.5, 0.6) is 5.75 Å². The largest absolute Gasteiger partial charge is 0.508 e. The van der Waals surface area contributed by atoms with Gasteiger partial charge in [-0.1, -0.05) is 60.7 Å². The molecule has 5 amide bonds. The molecule has 0 saturated carbocycles. The second-order valence-corrected chi connectivity index (χ2v) is 14.3. The van der Waals surface area contributed by atoms with Gasteiger partial charge in [0.15, 0.2) is 0 Å². The van der Waals surface area contributed by atoms with E-state index in [1.807, 2.05) is 42.5 Å². The number of nitrogens with two attached hydrogens (primary N) is 1. The van der Waals surface area contributed by atoms with Gasteiger partial charge in [-0.15, -0.1) is 0 Å². The number of rotatable bonds is 15. The fraction of sp³-hybridized carbons (Fsp3) is 0.366. The maximum absolute atomic E-state index is 14.5. The number of fused-ring (bicyclic) bond motifs is 1. The molecule has 2 aliphatic rings. The molecule has 0 spiro atoms. The van der Waals surface area contributed by atoms with Crippen molar-refractivity contribution in [1.82, 2.24) is 30.7 Å². The first-order valence-electron chi connectivity index (χ1n) is 18.8. The third-order valence-electron chi connectivity index (χ3n) is 10.5. The van der Waals surface area contributed by atoms with E-state index in [1.54, 1.807) is 30.5 Å². The number of phenolic OH excluding ortho intramolecular Hbond substituents is 1. The van der Waals surface area contributed by atoms with Gasteiger partial charge in [0, 0.05) is 49.5 Å². The minimum atomic E-state index is -1.18. The van der Waals surface area contributed by atoms with Crippen molar-refractivity contribution in [3.8, 4) is 5.75 Å². The van der Waals surface area contributed by atoms with Crippen molar-refractivity contribution in [3.63, 3.8) is 0 Å². The van der Waals surface area contributed by atoms with E-state index >= 15 is 0 Å². The highest BCUT2D eigenvalue weighted by atomic mass is 16.4. The summed E-state index contributed by atoms with van der Waals surface area (Å²) in [6, 6.07) is 17.4. The standard InChI is InChI=1S/C41H47N7O8/c42-23-36(50)44-31(20-25-8-2-1-3-9-25)37(51)45-32(21-26-14-16-28(49)17-15-26)39(53)47-18-6-12-34(47)38(52)46-33(40(54)48-19-7-13-35(48)41(55)56)22-27-24-43-30-11-5-4-10-29(27)30/h1-5,8-11,14-17,24,31-35,43,49H,6-7,12-13,18-23,42H2,(H,44,50)(H,45,51)(H,46,52)(H,55,56)/t31-,32-,33-,34-,35-/m0/s1. The van der Waals surface area contributed by atoms with Crippen molar-refractivity contribution in [2.24, 2.45) is 5.73 Å². The third-order valence-corrected chi connectivity index (χ3v) is 10.5. The number of hydrogen-bond acceptors (Lipinski definition) is 8. The summed E-state index contributed by atoms with van der Waals surface area (Å²) in [5, 5.41) is 29.0. The molecule has 3 heterocycles. The third kappa shape index (κ3) is 9.34. The Kier molecular flexibility index (Phi) is 12.6. The Labute approximate surface area is 323 Å². The molecule has 6 rings (SSSR count). The van der Waals surface area contributed by atoms with Gasteiger partial charge in [0.05, 0.1) is 6.54 Å². The molecule has 1 aromatic heterocycles. The van der Waals surface area contributed by atoms with Gasteiger partial charge in [0.25, 0.3) is 0 Å². The topological polar surface area (TPSA) is 227 Å². The Balaban J connectivity index is 1.25. The van der Waals surface area contributed by atoms with Crippen molar-refractivity contribution in [2.75, 3.05) is 19.6 Å². The van der Waals surface area contributed by atoms with Crippen molar-refractivity contribution in [2.45, 2.75) is 75.2 Å². The first-order chi connectivity index (χ1) is 27.0. The maximum Gasteiger partial charge on any atom is 0.326 e. The summed E-state index contributed by atoms with van der Waals surface area (Å²) in [5.41, 5.74) is 8.55. The Morgan fingerprint density at radius 2 is 1.30 bits per heavy atom. The number of nitrogens with one attached hydrogen (secondary N) is 4. The Morgan fingerprint density at radius 3 is 1.98 bits per heavy atom. The molecule has 2 saturated heterocycles. The van der Waals surface area contributed by atoms with Crippen LogP contribution in [-0.4, -0.2) is 110 Å². The van der Waals surface area contributed by atoms with Crippen LogP contribution in [0.1, 0.15) is 42.4 Å². The van der Waals surface area contributed by atoms with Crippen molar-refractivity contribution >= 4 is 46.4 Å². The second kappa shape index (κ2) is 17.9. The number of hydrogen-bond donors (Lipinski definition) is 7. The van der Waals surface area contributed by atoms with E-state index in [1.165, 1.54) is 21.9 Å². The quantitative estimate of drug-likeness (QED) is 0.0927. The fourth-order valence-corrected chi connectivity index (χ4v) is 7.63. The van der Waals surface area contributed by atoms with Crippen molar-refractivity contribution in [3.05, 3.63) is 102 Å². The number of nitrogens with zero attached hydrogens (tertiary/aromatic N) is 2. The predicted octanol–water partition coefficient (Wildman–Crippen LogP) is 1.38. The van der Waals surface area contributed by atoms with Crippen molar-refractivity contribution in [1.29, 1.82) is 0 Å². The number of carbonyl (C=O) groups excluding carboxylic acids is 5. The van der Waals surface area contributed by atoms with Gasteiger partial charge in [-0.2, -0.15) is 0 Å². The monoisotopic (exact) mass is 765 g/mol. The molecule has 3 aromatic carbocycles. The number of likely N-dealkylation sites (tertiary alicyclic amines) is 2. The number of H-pyrrole nitrogens is 1. The van der Waals surface area contributed by atoms with Gasteiger partial charge in [0.2, 0.25) is 29.5 Å². The molecule has 8 N–H and O–H groups in total. The highest BCUT2D eigenvalue weighted by molar-refractivity contribution is 5.97. The number of carboxylic acids is 1. The lowest BCUT2D eigenvalue weighted by molar-refractivity contribution is -0.149. The normalized spacial score (nSPS) is 18.2. The van der Waals surface area contributed by atoms with E-state index in [9.17, 15) is 39.0 Å². The molecule has 2 fully saturated rings. The van der Waals surface area contributed by atoms with Gasteiger partial charge in [-0.25, -0.2) is 4.79 Å². The Bertz CT molecular complexity index is 2050. The van der Waals surface area contributed by atoms with E-state index in [-0.39, 0.29) is 51.1 Å². The first kappa shape index (κ1) is 39.5. The lowest BCUT2D eigenvalue weighted by Crippen LogP contribution is -2.59. The number of para-hydroxylation sites is 1. The summed E-state index contributed by atoms with van der Waals surface area (Å²) in [6.07, 6.45) is 3.54. The average molecular weight is 766 g/mol. The van der Waals surface area contributed by atoms with Crippen LogP contribution in [0, 0.1) is 0 Å². The van der Waals surface area contributed by atoms with Crippen LogP contribution in [-0.2, 0) is 48.0 Å². The number of aromatic hydroxyl groups is 1. The van der Waals surface area contributed by atoms with Crippen LogP contribution in [0.2, 0.25) is 0 Å². The highest BCUT2D eigenvalue weighted by Crippen LogP contribution is 2.25. The lowest BCUT2D eigenvalue weighted by atomic mass is 10.0. The minimum absolute atomic E-state index is 0.00575. The summed E-state index contributed by atoms with van der Waals surface area (Å²) in [7, 11) is 0. The number of carbonyl (C=O) groups is 6. The van der Waals surface area contributed by atoms with E-state index in [4.69, 9.17) is 5.73 Å². The molecular weight excluding hydrogens is 718 g/mol. The minimum Gasteiger partial charge on any atom is -0.508 e. The van der Waals surface area contributed by atoms with Gasteiger partial charge in [-0.05, 0) is 60.6 Å². The molecule has 5 atom stereocenters. The van der Waals surface area contributed by atoms with Crippen LogP contribution in [0.25, 0.3) is 10.9 Å². The Hall–Kier alpha value is -6.22. The predicted molar refractivity (Wildman–Crippen MR) is 206 cm³/mol. The van der Waals surface area contributed by atoms with Crippen LogP contribution >= 0.6 is 0 Å². The second-order valence-electron chi connectivity index (χ2n) is 14.3. The van der Waals surface area contributed by atoms with Crippen LogP contribution in [0.15, 0.2) is 85.1 Å². The summed E-state index contributed by atoms with van der Waals surface area (Å²) in [5.74, 6) is -3.92. The van der Waals surface area contributed by atoms with E-state index in [2.05, 4.69) is 20.9 Å². The zero-order valence-corrected chi connectivity index (χ0v) is 30.9. The van der Waals surface area contributed by atoms with Crippen molar-refractivity contribution < 1.29 is 39.0 Å². The number of aromatic amines is 1. The van der Waals surface area contributed by atoms with E-state index in [0.717, 1.165) is 22.0 Å². The number of amides is 5. The van der Waals surface area contributed by atoms with Crippen LogP contribution in [0.3, 0.4) is 0 Å². The number of aliphatic carboxylic acids is 1. The average Bonchev–Trinajstić information content (AvgIpc) is 3.99. The molecule has 4 aromatic rings. The zero-order valence-electron chi connectivity index (χ0n) is 30.9. The zero-order chi connectivity index (χ0) is 39.8. The summed E-state index contributed by atoms with van der Waals surface area (Å²) in [6.45, 7) is 0.0851. The van der Waals surface area contributed by atoms with E-state index in [0.29, 0.717) is 24.8 Å². The smallest absolute Gasteiger partial charge is 0.326 e. The molecule has 2 aliphatic heterocycles. The number of aromatic nitrogens is 1. The fourth-order valence-electron chi connectivity index (χ4n) is 7.63. The molecular formula is C41H47N7O8. The number of phenols is 1. The first-order valence-corrected chi connectivity index (χ1v) is 18.8. The SMILES string of the molecule is NCC(=O)N[C@@H](Cc1ccccc1)C(=O)N[C@@H](Cc1ccc(O)cc1)C(=O)N1CCC[C@H]1C(=O)N[C@@H](Cc1c[nH]c2ccccc12)C(=O)N1CCC[C@H]1C(=O)O. The van der Waals surface area contributed by atoms with Crippen LogP contribution in [0.4, 0.5) is 0 Å². The summed E-state index contributed by atoms with van der Waals surface area (Å²) < 4.78 is 0. The molecule has 0 aliphatic carbocycles. The van der Waals surface area contributed by atoms with Gasteiger partial charge >= 0.3 is 5.97 Å². The molecule has 0 bridgehead atoms. The van der Waals surface area contributed by atoms with Gasteiger partial charge in [0.1, 0.15) is 36.0 Å². The molecule has 56 heavy (non-hydrogen) atoms. The number of carboxylic acid groups (broad SMARTS) is 1. The number of benzene rings is 3. The molecule has 15 nitrogen and oxygen atoms in total. The highest BCUT2D eigenvalue weighted by Gasteiger charge is 2.42. The molecule has 0 unspecified atom stereocenters. The Morgan fingerprint density at radius 1 is 0.714 bits per heavy atom. The molecule has 294 valence electrons. The molecule has 15 heteroatoms. The maximum atomic E-state index is 14.5. The van der Waals surface area contributed by atoms with Gasteiger partial charge < -0.3 is 46.7 Å². The van der Waals surface area contributed by atoms with Gasteiger partial charge in [-0.3, -0.25) is 24.0 Å². The summed E-state index contributed by atoms with van der Waals surface area (Å²) >= 11 is 0. The van der Waals surface area contributed by atoms with E-state index < -0.39 is 65.7 Å².